The second-order valence-corrected chi connectivity index (χ2v) is 6.86. The number of aryl methyl sites for hydroxylation is 1. The lowest BCUT2D eigenvalue weighted by molar-refractivity contribution is -0.146. The maximum absolute atomic E-state index is 12.2. The van der Waals surface area contributed by atoms with Crippen LogP contribution in [0.15, 0.2) is 30.3 Å². The Balaban J connectivity index is 1.94. The van der Waals surface area contributed by atoms with Gasteiger partial charge in [0.15, 0.2) is 6.61 Å². The lowest BCUT2D eigenvalue weighted by Crippen LogP contribution is -2.22. The Kier molecular flexibility index (Phi) is 8.01. The fourth-order valence-electron chi connectivity index (χ4n) is 2.43. The zero-order valence-corrected chi connectivity index (χ0v) is 16.9. The van der Waals surface area contributed by atoms with Gasteiger partial charge >= 0.3 is 11.9 Å². The van der Waals surface area contributed by atoms with E-state index in [0.717, 1.165) is 11.3 Å². The first-order valence-electron chi connectivity index (χ1n) is 8.85. The van der Waals surface area contributed by atoms with E-state index >= 15 is 0 Å². The van der Waals surface area contributed by atoms with Crippen molar-refractivity contribution in [3.63, 3.8) is 0 Å². The summed E-state index contributed by atoms with van der Waals surface area (Å²) in [6, 6.07) is 8.79. The van der Waals surface area contributed by atoms with Crippen LogP contribution in [0.4, 0.5) is 5.00 Å². The number of carbonyl (C=O) groups excluding carboxylic acids is 3. The second-order valence-electron chi connectivity index (χ2n) is 5.73. The van der Waals surface area contributed by atoms with E-state index in [-0.39, 0.29) is 13.0 Å². The lowest BCUT2D eigenvalue weighted by atomic mass is 10.1. The number of methoxy groups -OCH3 is 1. The van der Waals surface area contributed by atoms with Gasteiger partial charge in [0.2, 0.25) is 0 Å². The molecule has 1 aromatic heterocycles. The minimum absolute atomic E-state index is 0.00957. The highest BCUT2D eigenvalue weighted by molar-refractivity contribution is 7.16. The molecule has 1 aromatic carbocycles. The number of hydrogen-bond acceptors (Lipinski definition) is 7. The van der Waals surface area contributed by atoms with Crippen molar-refractivity contribution in [2.75, 3.05) is 25.6 Å². The van der Waals surface area contributed by atoms with Crippen LogP contribution in [0.1, 0.15) is 34.6 Å². The normalized spacial score (nSPS) is 10.2. The first kappa shape index (κ1) is 21.4. The number of esters is 2. The van der Waals surface area contributed by atoms with Crippen LogP contribution in [0.5, 0.6) is 5.75 Å². The van der Waals surface area contributed by atoms with Gasteiger partial charge in [0.25, 0.3) is 5.91 Å². The van der Waals surface area contributed by atoms with Gasteiger partial charge in [-0.1, -0.05) is 25.1 Å². The van der Waals surface area contributed by atoms with E-state index in [2.05, 4.69) is 5.32 Å². The molecule has 0 spiro atoms. The maximum Gasteiger partial charge on any atom is 0.341 e. The van der Waals surface area contributed by atoms with Crippen LogP contribution >= 0.6 is 11.3 Å². The van der Waals surface area contributed by atoms with E-state index < -0.39 is 24.5 Å². The summed E-state index contributed by atoms with van der Waals surface area (Å²) in [5.74, 6) is -0.996. The minimum Gasteiger partial charge on any atom is -0.496 e. The average Bonchev–Trinajstić information content (AvgIpc) is 3.10. The second kappa shape index (κ2) is 10.5. The molecule has 0 unspecified atom stereocenters. The highest BCUT2D eigenvalue weighted by Crippen LogP contribution is 2.29. The molecule has 0 saturated heterocycles. The molecule has 8 heteroatoms. The van der Waals surface area contributed by atoms with Crippen molar-refractivity contribution >= 4 is 34.2 Å². The highest BCUT2D eigenvalue weighted by Gasteiger charge is 2.19. The summed E-state index contributed by atoms with van der Waals surface area (Å²) >= 11 is 1.29. The first-order chi connectivity index (χ1) is 13.5. The third-order valence-corrected chi connectivity index (χ3v) is 4.97. The number of amides is 1. The molecule has 1 heterocycles. The molecule has 150 valence electrons. The maximum atomic E-state index is 12.2. The quantitative estimate of drug-likeness (QED) is 0.644. The zero-order chi connectivity index (χ0) is 20.5. The summed E-state index contributed by atoms with van der Waals surface area (Å²) in [5, 5.41) is 3.01. The van der Waals surface area contributed by atoms with E-state index in [1.807, 2.05) is 6.92 Å². The third-order valence-electron chi connectivity index (χ3n) is 3.77. The molecule has 0 saturated carbocycles. The number of para-hydroxylation sites is 1. The summed E-state index contributed by atoms with van der Waals surface area (Å²) in [6.45, 7) is 3.45. The van der Waals surface area contributed by atoms with Crippen molar-refractivity contribution in [2.24, 2.45) is 0 Å². The fraction of sp³-hybridized carbons (Fsp3) is 0.350. The first-order valence-corrected chi connectivity index (χ1v) is 9.67. The third kappa shape index (κ3) is 5.82. The molecular weight excluding hydrogens is 382 g/mol. The monoisotopic (exact) mass is 405 g/mol. The highest BCUT2D eigenvalue weighted by atomic mass is 32.1. The number of carbonyl (C=O) groups is 3. The standard InChI is InChI=1S/C20H23NO6S/c1-4-14-11-15(20(24)26-5-2)19(28-14)21-17(22)12-27-18(23)10-13-8-6-7-9-16(13)25-3/h6-9,11H,4-5,10,12H2,1-3H3,(H,21,22). The van der Waals surface area contributed by atoms with Crippen LogP contribution in [0.25, 0.3) is 0 Å². The number of anilines is 1. The molecule has 28 heavy (non-hydrogen) atoms. The Labute approximate surface area is 167 Å². The van der Waals surface area contributed by atoms with Gasteiger partial charge in [-0.05, 0) is 25.5 Å². The van der Waals surface area contributed by atoms with Crippen molar-refractivity contribution in [1.82, 2.24) is 0 Å². The molecule has 0 radical (unpaired) electrons. The fourth-order valence-corrected chi connectivity index (χ4v) is 3.43. The van der Waals surface area contributed by atoms with Crippen molar-refractivity contribution in [3.8, 4) is 5.75 Å². The number of nitrogens with one attached hydrogen (secondary N) is 1. The Morgan fingerprint density at radius 1 is 1.11 bits per heavy atom. The van der Waals surface area contributed by atoms with E-state index in [9.17, 15) is 14.4 Å². The number of rotatable bonds is 9. The Hall–Kier alpha value is -2.87. The molecule has 2 aromatic rings. The number of thiophene rings is 1. The molecule has 1 N–H and O–H groups in total. The Morgan fingerprint density at radius 2 is 1.86 bits per heavy atom. The van der Waals surface area contributed by atoms with Gasteiger partial charge in [-0.25, -0.2) is 4.79 Å². The Bertz CT molecular complexity index is 845. The number of ether oxygens (including phenoxy) is 3. The van der Waals surface area contributed by atoms with Gasteiger partial charge in [0.05, 0.1) is 25.7 Å². The minimum atomic E-state index is -0.550. The van der Waals surface area contributed by atoms with Crippen LogP contribution in [-0.4, -0.2) is 38.2 Å². The summed E-state index contributed by atoms with van der Waals surface area (Å²) in [5.41, 5.74) is 0.975. The molecule has 7 nitrogen and oxygen atoms in total. The molecule has 0 aliphatic heterocycles. The number of benzene rings is 1. The molecule has 1 amide bonds. The molecule has 0 aliphatic carbocycles. The summed E-state index contributed by atoms with van der Waals surface area (Å²) in [7, 11) is 1.52. The topological polar surface area (TPSA) is 90.9 Å². The predicted molar refractivity (Wildman–Crippen MR) is 106 cm³/mol. The van der Waals surface area contributed by atoms with Crippen molar-refractivity contribution in [1.29, 1.82) is 0 Å². The molecule has 0 atom stereocenters. The van der Waals surface area contributed by atoms with E-state index in [1.165, 1.54) is 18.4 Å². The molecule has 0 fully saturated rings. The summed E-state index contributed by atoms with van der Waals surface area (Å²) < 4.78 is 15.2. The number of hydrogen-bond donors (Lipinski definition) is 1. The van der Waals surface area contributed by atoms with Crippen molar-refractivity contribution in [3.05, 3.63) is 46.3 Å². The van der Waals surface area contributed by atoms with Gasteiger partial charge in [-0.3, -0.25) is 9.59 Å². The van der Waals surface area contributed by atoms with E-state index in [4.69, 9.17) is 14.2 Å². The van der Waals surface area contributed by atoms with Gasteiger partial charge in [-0.15, -0.1) is 11.3 Å². The largest absolute Gasteiger partial charge is 0.496 e. The van der Waals surface area contributed by atoms with Gasteiger partial charge in [0, 0.05) is 10.4 Å². The van der Waals surface area contributed by atoms with Crippen LogP contribution in [0, 0.1) is 0 Å². The van der Waals surface area contributed by atoms with E-state index in [0.29, 0.717) is 21.9 Å². The van der Waals surface area contributed by atoms with Gasteiger partial charge < -0.3 is 19.5 Å². The van der Waals surface area contributed by atoms with Crippen molar-refractivity contribution < 1.29 is 28.6 Å². The smallest absolute Gasteiger partial charge is 0.341 e. The molecule has 0 bridgehead atoms. The van der Waals surface area contributed by atoms with Crippen LogP contribution < -0.4 is 10.1 Å². The molecular formula is C20H23NO6S. The van der Waals surface area contributed by atoms with Crippen molar-refractivity contribution in [2.45, 2.75) is 26.7 Å². The van der Waals surface area contributed by atoms with Gasteiger partial charge in [-0.2, -0.15) is 0 Å². The molecule has 0 aliphatic rings. The predicted octanol–water partition coefficient (Wildman–Crippen LogP) is 3.22. The Morgan fingerprint density at radius 3 is 2.54 bits per heavy atom. The van der Waals surface area contributed by atoms with Crippen LogP contribution in [0.2, 0.25) is 0 Å². The van der Waals surface area contributed by atoms with Crippen LogP contribution in [-0.2, 0) is 31.9 Å². The summed E-state index contributed by atoms with van der Waals surface area (Å²) in [4.78, 5) is 37.2. The van der Waals surface area contributed by atoms with Crippen LogP contribution in [0.3, 0.4) is 0 Å². The summed E-state index contributed by atoms with van der Waals surface area (Å²) in [6.07, 6.45) is 0.713. The average molecular weight is 405 g/mol. The lowest BCUT2D eigenvalue weighted by Gasteiger charge is -2.09. The molecule has 2 rings (SSSR count). The zero-order valence-electron chi connectivity index (χ0n) is 16.1. The van der Waals surface area contributed by atoms with Gasteiger partial charge in [0.1, 0.15) is 10.8 Å². The SMILES string of the molecule is CCOC(=O)c1cc(CC)sc1NC(=O)COC(=O)Cc1ccccc1OC. The van der Waals surface area contributed by atoms with E-state index in [1.54, 1.807) is 37.3 Å².